The molecule has 110 valence electrons. The van der Waals surface area contributed by atoms with Crippen molar-refractivity contribution in [3.05, 3.63) is 35.9 Å². The number of hydrogen-bond acceptors (Lipinski definition) is 3. The van der Waals surface area contributed by atoms with Crippen LogP contribution in [0.4, 0.5) is 5.82 Å². The number of nitrogens with zero attached hydrogens (tertiary/aromatic N) is 2. The van der Waals surface area contributed by atoms with Crippen LogP contribution in [0.25, 0.3) is 10.9 Å². The molecule has 0 radical (unpaired) electrons. The fourth-order valence-corrected chi connectivity index (χ4v) is 3.11. The van der Waals surface area contributed by atoms with Crippen LogP contribution in [0.3, 0.4) is 0 Å². The van der Waals surface area contributed by atoms with E-state index in [1.54, 1.807) is 6.07 Å². The van der Waals surface area contributed by atoms with Crippen LogP contribution in [0.1, 0.15) is 36.5 Å². The number of piperidine rings is 1. The number of aromatic carboxylic acids is 1. The van der Waals surface area contributed by atoms with E-state index in [1.165, 1.54) is 6.42 Å². The third kappa shape index (κ3) is 2.71. The first kappa shape index (κ1) is 13.9. The molecule has 0 bridgehead atoms. The molecule has 0 spiro atoms. The molecule has 0 amide bonds. The van der Waals surface area contributed by atoms with E-state index >= 15 is 0 Å². The Labute approximate surface area is 124 Å². The van der Waals surface area contributed by atoms with Crippen LogP contribution in [0.2, 0.25) is 0 Å². The highest BCUT2D eigenvalue weighted by Crippen LogP contribution is 2.27. The minimum absolute atomic E-state index is 0.342. The van der Waals surface area contributed by atoms with Crippen LogP contribution in [0.5, 0.6) is 0 Å². The Morgan fingerprint density at radius 3 is 3.00 bits per heavy atom. The molecule has 3 rings (SSSR count). The molecular formula is C17H20N2O2. The number of aromatic nitrogens is 1. The number of fused-ring (bicyclic) bond motifs is 1. The molecule has 1 saturated heterocycles. The molecule has 1 aliphatic heterocycles. The van der Waals surface area contributed by atoms with Gasteiger partial charge in [-0.15, -0.1) is 0 Å². The average Bonchev–Trinajstić information content (AvgIpc) is 2.53. The van der Waals surface area contributed by atoms with Crippen molar-refractivity contribution >= 4 is 22.7 Å². The van der Waals surface area contributed by atoms with Crippen LogP contribution < -0.4 is 4.90 Å². The zero-order valence-electron chi connectivity index (χ0n) is 12.2. The van der Waals surface area contributed by atoms with E-state index in [0.717, 1.165) is 37.3 Å². The molecule has 2 heterocycles. The van der Waals surface area contributed by atoms with Crippen LogP contribution in [-0.2, 0) is 0 Å². The first-order valence-electron chi connectivity index (χ1n) is 7.57. The molecule has 4 nitrogen and oxygen atoms in total. The number of para-hydroxylation sites is 1. The van der Waals surface area contributed by atoms with Crippen molar-refractivity contribution in [2.24, 2.45) is 5.92 Å². The predicted molar refractivity (Wildman–Crippen MR) is 83.9 cm³/mol. The van der Waals surface area contributed by atoms with Gasteiger partial charge in [0.1, 0.15) is 5.82 Å². The van der Waals surface area contributed by atoms with Crippen LogP contribution in [0.15, 0.2) is 30.3 Å². The van der Waals surface area contributed by atoms with Crippen molar-refractivity contribution in [3.8, 4) is 0 Å². The summed E-state index contributed by atoms with van der Waals surface area (Å²) >= 11 is 0. The molecule has 1 N–H and O–H groups in total. The molecule has 21 heavy (non-hydrogen) atoms. The van der Waals surface area contributed by atoms with Gasteiger partial charge < -0.3 is 10.0 Å². The maximum atomic E-state index is 11.5. The first-order valence-corrected chi connectivity index (χ1v) is 7.57. The maximum Gasteiger partial charge on any atom is 0.336 e. The SMILES string of the molecule is CCC1CCCN(c2cc(C(=O)O)c3ccccc3n2)C1. The molecule has 1 aromatic carbocycles. The summed E-state index contributed by atoms with van der Waals surface area (Å²) in [5.41, 5.74) is 1.10. The molecule has 0 saturated carbocycles. The second kappa shape index (κ2) is 5.72. The van der Waals surface area contributed by atoms with E-state index in [0.29, 0.717) is 16.9 Å². The van der Waals surface area contributed by atoms with Gasteiger partial charge in [0.2, 0.25) is 0 Å². The van der Waals surface area contributed by atoms with Gasteiger partial charge in [-0.3, -0.25) is 0 Å². The van der Waals surface area contributed by atoms with Gasteiger partial charge in [0.25, 0.3) is 0 Å². The van der Waals surface area contributed by atoms with E-state index in [2.05, 4.69) is 16.8 Å². The van der Waals surface area contributed by atoms with Gasteiger partial charge in [0, 0.05) is 18.5 Å². The zero-order valence-corrected chi connectivity index (χ0v) is 12.2. The summed E-state index contributed by atoms with van der Waals surface area (Å²) in [5.74, 6) is 0.587. The van der Waals surface area contributed by atoms with Crippen molar-refractivity contribution in [2.45, 2.75) is 26.2 Å². The monoisotopic (exact) mass is 284 g/mol. The van der Waals surface area contributed by atoms with Crippen molar-refractivity contribution in [1.29, 1.82) is 0 Å². The fraction of sp³-hybridized carbons (Fsp3) is 0.412. The number of carboxylic acid groups (broad SMARTS) is 1. The molecule has 1 aliphatic rings. The van der Waals surface area contributed by atoms with Gasteiger partial charge in [-0.2, -0.15) is 0 Å². The van der Waals surface area contributed by atoms with Gasteiger partial charge >= 0.3 is 5.97 Å². The number of carboxylic acids is 1. The quantitative estimate of drug-likeness (QED) is 0.936. The molecule has 1 fully saturated rings. The Morgan fingerprint density at radius 2 is 2.24 bits per heavy atom. The Hall–Kier alpha value is -2.10. The molecule has 1 atom stereocenters. The molecule has 1 unspecified atom stereocenters. The summed E-state index contributed by atoms with van der Waals surface area (Å²) in [4.78, 5) is 18.4. The number of rotatable bonds is 3. The molecule has 2 aromatic rings. The number of benzene rings is 1. The summed E-state index contributed by atoms with van der Waals surface area (Å²) in [6, 6.07) is 9.18. The predicted octanol–water partition coefficient (Wildman–Crippen LogP) is 3.56. The third-order valence-corrected chi connectivity index (χ3v) is 4.35. The fourth-order valence-electron chi connectivity index (χ4n) is 3.11. The summed E-state index contributed by atoms with van der Waals surface area (Å²) in [5, 5.41) is 10.2. The standard InChI is InChI=1S/C17H20N2O2/c1-2-12-6-5-9-19(11-12)16-10-14(17(20)21)13-7-3-4-8-15(13)18-16/h3-4,7-8,10,12H,2,5-6,9,11H2,1H3,(H,20,21). The number of anilines is 1. The van der Waals surface area contributed by atoms with Gasteiger partial charge in [0.05, 0.1) is 11.1 Å². The molecular weight excluding hydrogens is 264 g/mol. The number of carbonyl (C=O) groups is 1. The van der Waals surface area contributed by atoms with Gasteiger partial charge in [-0.05, 0) is 30.9 Å². The number of hydrogen-bond donors (Lipinski definition) is 1. The summed E-state index contributed by atoms with van der Waals surface area (Å²) in [6.45, 7) is 4.15. The molecule has 1 aromatic heterocycles. The van der Waals surface area contributed by atoms with E-state index in [4.69, 9.17) is 0 Å². The molecule has 0 aliphatic carbocycles. The highest BCUT2D eigenvalue weighted by molar-refractivity contribution is 6.03. The number of pyridine rings is 1. The maximum absolute atomic E-state index is 11.5. The minimum Gasteiger partial charge on any atom is -0.478 e. The smallest absolute Gasteiger partial charge is 0.336 e. The molecule has 4 heteroatoms. The zero-order chi connectivity index (χ0) is 14.8. The summed E-state index contributed by atoms with van der Waals surface area (Å²) < 4.78 is 0. The second-order valence-corrected chi connectivity index (χ2v) is 5.71. The lowest BCUT2D eigenvalue weighted by molar-refractivity contribution is 0.0699. The lowest BCUT2D eigenvalue weighted by Crippen LogP contribution is -2.35. The summed E-state index contributed by atoms with van der Waals surface area (Å²) in [7, 11) is 0. The van der Waals surface area contributed by atoms with Crippen molar-refractivity contribution < 1.29 is 9.90 Å². The summed E-state index contributed by atoms with van der Waals surface area (Å²) in [6.07, 6.45) is 3.57. The highest BCUT2D eigenvalue weighted by atomic mass is 16.4. The highest BCUT2D eigenvalue weighted by Gasteiger charge is 2.21. The van der Waals surface area contributed by atoms with Crippen LogP contribution >= 0.6 is 0 Å². The van der Waals surface area contributed by atoms with Gasteiger partial charge in [-0.25, -0.2) is 9.78 Å². The largest absolute Gasteiger partial charge is 0.478 e. The first-order chi connectivity index (χ1) is 10.2. The van der Waals surface area contributed by atoms with Crippen molar-refractivity contribution in [3.63, 3.8) is 0 Å². The van der Waals surface area contributed by atoms with E-state index < -0.39 is 5.97 Å². The average molecular weight is 284 g/mol. The Kier molecular flexibility index (Phi) is 3.78. The normalized spacial score (nSPS) is 18.9. The Morgan fingerprint density at radius 1 is 1.43 bits per heavy atom. The van der Waals surface area contributed by atoms with Gasteiger partial charge in [0.15, 0.2) is 0 Å². The van der Waals surface area contributed by atoms with Crippen molar-refractivity contribution in [2.75, 3.05) is 18.0 Å². The van der Waals surface area contributed by atoms with Crippen molar-refractivity contribution in [1.82, 2.24) is 4.98 Å². The topological polar surface area (TPSA) is 53.4 Å². The lowest BCUT2D eigenvalue weighted by atomic mass is 9.95. The lowest BCUT2D eigenvalue weighted by Gasteiger charge is -2.33. The van der Waals surface area contributed by atoms with Gasteiger partial charge in [-0.1, -0.05) is 31.5 Å². The van der Waals surface area contributed by atoms with Crippen LogP contribution in [-0.4, -0.2) is 29.1 Å². The van der Waals surface area contributed by atoms with E-state index in [1.807, 2.05) is 24.3 Å². The second-order valence-electron chi connectivity index (χ2n) is 5.71. The minimum atomic E-state index is -0.890. The Bertz CT molecular complexity index is 669. The van der Waals surface area contributed by atoms with E-state index in [-0.39, 0.29) is 0 Å². The Balaban J connectivity index is 2.04. The van der Waals surface area contributed by atoms with Crippen LogP contribution in [0, 0.1) is 5.92 Å². The third-order valence-electron chi connectivity index (χ3n) is 4.35. The van der Waals surface area contributed by atoms with E-state index in [9.17, 15) is 9.90 Å².